The van der Waals surface area contributed by atoms with Crippen LogP contribution in [0.5, 0.6) is 0 Å². The van der Waals surface area contributed by atoms with Crippen molar-refractivity contribution in [1.29, 1.82) is 0 Å². The molecule has 0 N–H and O–H groups in total. The van der Waals surface area contributed by atoms with E-state index in [1.165, 1.54) is 85.0 Å². The molecule has 10 heteroatoms. The predicted molar refractivity (Wildman–Crippen MR) is 106 cm³/mol. The third kappa shape index (κ3) is 4.17. The zero-order valence-corrected chi connectivity index (χ0v) is 16.7. The Morgan fingerprint density at radius 2 is 0.900 bits per heavy atom. The summed E-state index contributed by atoms with van der Waals surface area (Å²) in [5.41, 5.74) is 0.256. The minimum absolute atomic E-state index is 0.103. The lowest BCUT2D eigenvalue weighted by atomic mass is 10.3. The number of isocyanates is 2. The first kappa shape index (κ1) is 21.0. The van der Waals surface area contributed by atoms with Gasteiger partial charge in [-0.25, -0.2) is 26.4 Å². The van der Waals surface area contributed by atoms with Crippen molar-refractivity contribution in [2.24, 2.45) is 9.98 Å². The molecule has 0 aliphatic carbocycles. The van der Waals surface area contributed by atoms with Crippen molar-refractivity contribution in [3.63, 3.8) is 0 Å². The normalized spacial score (nSPS) is 11.2. The van der Waals surface area contributed by atoms with Crippen LogP contribution in [0.4, 0.5) is 11.4 Å². The van der Waals surface area contributed by atoms with E-state index in [0.29, 0.717) is 0 Å². The molecule has 0 aliphatic rings. The summed E-state index contributed by atoms with van der Waals surface area (Å²) in [4.78, 5) is 27.1. The Labute approximate surface area is 172 Å². The molecule has 3 aromatic carbocycles. The van der Waals surface area contributed by atoms with Crippen molar-refractivity contribution in [2.75, 3.05) is 0 Å². The molecule has 0 saturated heterocycles. The van der Waals surface area contributed by atoms with E-state index in [2.05, 4.69) is 9.98 Å². The number of hydrogen-bond acceptors (Lipinski definition) is 8. The van der Waals surface area contributed by atoms with Gasteiger partial charge in [-0.1, -0.05) is 12.1 Å². The fraction of sp³-hybridized carbons (Fsp3) is 0. The van der Waals surface area contributed by atoms with E-state index in [0.717, 1.165) is 0 Å². The van der Waals surface area contributed by atoms with Crippen molar-refractivity contribution in [2.45, 2.75) is 19.6 Å². The quantitative estimate of drug-likeness (QED) is 0.427. The van der Waals surface area contributed by atoms with Crippen LogP contribution in [0.15, 0.2) is 102 Å². The molecule has 0 aliphatic heterocycles. The number of carbonyl (C=O) groups excluding carboxylic acids is 2. The highest BCUT2D eigenvalue weighted by Gasteiger charge is 2.22. The smallest absolute Gasteiger partial charge is 0.219 e. The van der Waals surface area contributed by atoms with Crippen LogP contribution in [0.1, 0.15) is 0 Å². The van der Waals surface area contributed by atoms with Gasteiger partial charge in [0.1, 0.15) is 0 Å². The van der Waals surface area contributed by atoms with Gasteiger partial charge in [-0.05, 0) is 60.7 Å². The van der Waals surface area contributed by atoms with E-state index in [1.807, 2.05) is 0 Å². The first-order valence-corrected chi connectivity index (χ1v) is 11.2. The minimum atomic E-state index is -3.96. The fourth-order valence-electron chi connectivity index (χ4n) is 2.62. The van der Waals surface area contributed by atoms with Gasteiger partial charge in [0.05, 0.1) is 31.0 Å². The molecule has 0 heterocycles. The number of aliphatic imine (C=N–C) groups is 2. The zero-order valence-electron chi connectivity index (χ0n) is 15.1. The Balaban J connectivity index is 2.00. The molecule has 30 heavy (non-hydrogen) atoms. The second kappa shape index (κ2) is 8.36. The maximum atomic E-state index is 12.8. The maximum absolute atomic E-state index is 12.8. The number of hydrogen-bond donors (Lipinski definition) is 0. The van der Waals surface area contributed by atoms with Gasteiger partial charge >= 0.3 is 0 Å². The van der Waals surface area contributed by atoms with Crippen LogP contribution in [0.3, 0.4) is 0 Å². The van der Waals surface area contributed by atoms with Crippen LogP contribution in [-0.2, 0) is 29.3 Å². The molecule has 0 unspecified atom stereocenters. The van der Waals surface area contributed by atoms with Crippen LogP contribution in [0.25, 0.3) is 0 Å². The van der Waals surface area contributed by atoms with Gasteiger partial charge in [0.25, 0.3) is 0 Å². The van der Waals surface area contributed by atoms with Crippen LogP contribution in [0.2, 0.25) is 0 Å². The van der Waals surface area contributed by atoms with Crippen molar-refractivity contribution in [1.82, 2.24) is 0 Å². The molecular weight excluding hydrogens is 428 g/mol. The summed E-state index contributed by atoms with van der Waals surface area (Å²) < 4.78 is 51.2. The summed E-state index contributed by atoms with van der Waals surface area (Å²) in [6.45, 7) is 0. The van der Waals surface area contributed by atoms with Crippen molar-refractivity contribution >= 4 is 43.2 Å². The van der Waals surface area contributed by atoms with Crippen LogP contribution in [-0.4, -0.2) is 29.0 Å². The van der Waals surface area contributed by atoms with Gasteiger partial charge in [0.15, 0.2) is 0 Å². The van der Waals surface area contributed by atoms with Gasteiger partial charge in [-0.3, -0.25) is 0 Å². The molecule has 0 bridgehead atoms. The molecular formula is C20H12N2O6S2. The SMILES string of the molecule is O=C=Nc1cccc(S(=O)(=O)c2ccc(S(=O)(=O)c3cccc(N=C=O)c3)cc2)c1. The van der Waals surface area contributed by atoms with E-state index < -0.39 is 19.7 Å². The predicted octanol–water partition coefficient (Wildman–Crippen LogP) is 3.29. The zero-order chi connectivity index (χ0) is 21.8. The van der Waals surface area contributed by atoms with E-state index in [-0.39, 0.29) is 31.0 Å². The van der Waals surface area contributed by atoms with Gasteiger partial charge in [0, 0.05) is 0 Å². The Morgan fingerprint density at radius 1 is 0.533 bits per heavy atom. The van der Waals surface area contributed by atoms with Gasteiger partial charge in [-0.15, -0.1) is 0 Å². The van der Waals surface area contributed by atoms with Crippen molar-refractivity contribution in [3.05, 3.63) is 72.8 Å². The van der Waals surface area contributed by atoms with E-state index >= 15 is 0 Å². The lowest BCUT2D eigenvalue weighted by Gasteiger charge is -2.08. The average Bonchev–Trinajstić information content (AvgIpc) is 2.75. The largest absolute Gasteiger partial charge is 0.240 e. The lowest BCUT2D eigenvalue weighted by molar-refractivity contribution is 0.564. The third-order valence-corrected chi connectivity index (χ3v) is 7.58. The Bertz CT molecular complexity index is 1310. The second-order valence-corrected chi connectivity index (χ2v) is 9.78. The molecule has 0 amide bonds. The minimum Gasteiger partial charge on any atom is -0.219 e. The van der Waals surface area contributed by atoms with Gasteiger partial charge in [-0.2, -0.15) is 9.98 Å². The maximum Gasteiger partial charge on any atom is 0.240 e. The molecule has 8 nitrogen and oxygen atoms in total. The highest BCUT2D eigenvalue weighted by Crippen LogP contribution is 2.28. The summed E-state index contributed by atoms with van der Waals surface area (Å²) in [6.07, 6.45) is 2.68. The Kier molecular flexibility index (Phi) is 5.86. The second-order valence-electron chi connectivity index (χ2n) is 5.88. The first-order valence-electron chi connectivity index (χ1n) is 8.25. The van der Waals surface area contributed by atoms with E-state index in [9.17, 15) is 26.4 Å². The molecule has 0 saturated carbocycles. The molecule has 0 radical (unpaired) electrons. The number of sulfone groups is 2. The Morgan fingerprint density at radius 3 is 1.23 bits per heavy atom. The number of nitrogens with zero attached hydrogens (tertiary/aromatic N) is 2. The highest BCUT2D eigenvalue weighted by atomic mass is 32.2. The van der Waals surface area contributed by atoms with Gasteiger partial charge < -0.3 is 0 Å². The summed E-state index contributed by atoms with van der Waals surface area (Å²) in [6, 6.07) is 15.5. The highest BCUT2D eigenvalue weighted by molar-refractivity contribution is 7.92. The van der Waals surface area contributed by atoms with E-state index in [4.69, 9.17) is 0 Å². The fourth-order valence-corrected chi connectivity index (χ4v) is 5.22. The molecule has 0 spiro atoms. The first-order chi connectivity index (χ1) is 14.3. The monoisotopic (exact) mass is 440 g/mol. The molecule has 0 aromatic heterocycles. The molecule has 3 rings (SSSR count). The van der Waals surface area contributed by atoms with Crippen molar-refractivity contribution < 1.29 is 26.4 Å². The summed E-state index contributed by atoms with van der Waals surface area (Å²) in [5, 5.41) is 0. The van der Waals surface area contributed by atoms with Crippen LogP contribution in [0, 0.1) is 0 Å². The summed E-state index contributed by atoms with van der Waals surface area (Å²) >= 11 is 0. The van der Waals surface area contributed by atoms with Crippen LogP contribution < -0.4 is 0 Å². The van der Waals surface area contributed by atoms with Crippen LogP contribution >= 0.6 is 0 Å². The average molecular weight is 440 g/mol. The molecule has 3 aromatic rings. The summed E-state index contributed by atoms with van der Waals surface area (Å²) in [7, 11) is -7.93. The third-order valence-electron chi connectivity index (χ3n) is 4.05. The summed E-state index contributed by atoms with van der Waals surface area (Å²) in [5.74, 6) is 0. The van der Waals surface area contributed by atoms with E-state index in [1.54, 1.807) is 0 Å². The lowest BCUT2D eigenvalue weighted by Crippen LogP contribution is -2.05. The van der Waals surface area contributed by atoms with Crippen molar-refractivity contribution in [3.8, 4) is 0 Å². The standard InChI is InChI=1S/C20H12N2O6S2/c23-13-21-15-3-1-5-19(11-15)29(25,26)17-7-9-18(10-8-17)30(27,28)20-6-2-4-16(12-20)22-14-24/h1-12H. The number of rotatable bonds is 6. The number of benzene rings is 3. The molecule has 0 atom stereocenters. The van der Waals surface area contributed by atoms with Gasteiger partial charge in [0.2, 0.25) is 31.8 Å². The molecule has 150 valence electrons. The topological polar surface area (TPSA) is 127 Å². The Hall–Kier alpha value is -3.68. The molecule has 0 fully saturated rings.